The third-order valence-electron chi connectivity index (χ3n) is 3.75. The molecule has 18 heavy (non-hydrogen) atoms. The number of aliphatic hydroxyl groups excluding tert-OH is 1. The molecule has 2 atom stereocenters. The van der Waals surface area contributed by atoms with Gasteiger partial charge in [0.1, 0.15) is 0 Å². The van der Waals surface area contributed by atoms with E-state index in [1.54, 1.807) is 0 Å². The summed E-state index contributed by atoms with van der Waals surface area (Å²) in [6.07, 6.45) is 5.79. The lowest BCUT2D eigenvalue weighted by Crippen LogP contribution is -2.34. The minimum Gasteiger partial charge on any atom is -0.392 e. The molecule has 1 heteroatoms. The summed E-state index contributed by atoms with van der Waals surface area (Å²) in [5.74, 6) is 0. The van der Waals surface area contributed by atoms with Crippen molar-refractivity contribution in [3.8, 4) is 0 Å². The van der Waals surface area contributed by atoms with E-state index < -0.39 is 0 Å². The van der Waals surface area contributed by atoms with Crippen LogP contribution in [0.5, 0.6) is 0 Å². The first kappa shape index (κ1) is 15.2. The average molecular weight is 247 g/mol. The van der Waals surface area contributed by atoms with Crippen LogP contribution in [0.3, 0.4) is 0 Å². The molecule has 0 bridgehead atoms. The Morgan fingerprint density at radius 3 is 2.33 bits per heavy atom. The van der Waals surface area contributed by atoms with E-state index in [0.29, 0.717) is 6.42 Å². The van der Waals surface area contributed by atoms with Gasteiger partial charge in [0.25, 0.3) is 0 Å². The van der Waals surface area contributed by atoms with Crippen LogP contribution in [0.15, 0.2) is 30.3 Å². The molecule has 0 aliphatic carbocycles. The average Bonchev–Trinajstić information content (AvgIpc) is 2.38. The molecule has 0 aliphatic heterocycles. The van der Waals surface area contributed by atoms with Gasteiger partial charge in [0.2, 0.25) is 0 Å². The minimum absolute atomic E-state index is 0.180. The van der Waals surface area contributed by atoms with Crippen molar-refractivity contribution in [3.63, 3.8) is 0 Å². The van der Waals surface area contributed by atoms with Crippen LogP contribution in [0.25, 0.3) is 0 Å². The third kappa shape index (κ3) is 4.45. The van der Waals surface area contributed by atoms with Gasteiger partial charge in [-0.2, -0.15) is 0 Å². The molecule has 0 fully saturated rings. The van der Waals surface area contributed by atoms with Crippen molar-refractivity contribution >= 4 is 0 Å². The summed E-state index contributed by atoms with van der Waals surface area (Å²) in [4.78, 5) is 0. The standard InChI is InChI=1S/C17H27O/c1-4-6-13-17(3,12-5-2)16(18)14-15-10-8-7-9-11-15/h7-11,16,18H,3-6,12-14H2,1-2H3. The molecule has 1 aromatic carbocycles. The van der Waals surface area contributed by atoms with Gasteiger partial charge < -0.3 is 5.11 Å². The van der Waals surface area contributed by atoms with Crippen LogP contribution < -0.4 is 0 Å². The molecule has 1 N–H and O–H groups in total. The number of aliphatic hydroxyl groups is 1. The van der Waals surface area contributed by atoms with Crippen molar-refractivity contribution in [3.05, 3.63) is 42.8 Å². The molecule has 0 aliphatic rings. The van der Waals surface area contributed by atoms with Gasteiger partial charge in [-0.05, 0) is 37.2 Å². The van der Waals surface area contributed by atoms with E-state index in [1.807, 2.05) is 18.2 Å². The topological polar surface area (TPSA) is 20.2 Å². The summed E-state index contributed by atoms with van der Waals surface area (Å²) in [6, 6.07) is 10.2. The monoisotopic (exact) mass is 247 g/mol. The molecular weight excluding hydrogens is 220 g/mol. The highest BCUT2D eigenvalue weighted by Gasteiger charge is 2.31. The predicted molar refractivity (Wildman–Crippen MR) is 78.4 cm³/mol. The Kier molecular flexibility index (Phi) is 6.42. The molecule has 0 heterocycles. The maximum absolute atomic E-state index is 10.5. The Morgan fingerprint density at radius 1 is 1.11 bits per heavy atom. The van der Waals surface area contributed by atoms with E-state index >= 15 is 0 Å². The van der Waals surface area contributed by atoms with Crippen molar-refractivity contribution < 1.29 is 5.11 Å². The van der Waals surface area contributed by atoms with Gasteiger partial charge in [0, 0.05) is 0 Å². The van der Waals surface area contributed by atoms with Crippen molar-refractivity contribution in [2.45, 2.75) is 58.5 Å². The number of benzene rings is 1. The Hall–Kier alpha value is -0.820. The molecule has 1 radical (unpaired) electrons. The summed E-state index contributed by atoms with van der Waals surface area (Å²) in [6.45, 7) is 8.70. The first-order valence-electron chi connectivity index (χ1n) is 7.19. The molecule has 0 saturated heterocycles. The zero-order valence-electron chi connectivity index (χ0n) is 11.9. The van der Waals surface area contributed by atoms with Crippen LogP contribution in [-0.4, -0.2) is 11.2 Å². The molecule has 2 unspecified atom stereocenters. The largest absolute Gasteiger partial charge is 0.392 e. The molecule has 0 amide bonds. The smallest absolute Gasteiger partial charge is 0.0636 e. The van der Waals surface area contributed by atoms with Gasteiger partial charge in [-0.15, -0.1) is 0 Å². The normalized spacial score (nSPS) is 16.2. The molecule has 0 aromatic heterocycles. The quantitative estimate of drug-likeness (QED) is 0.722. The summed E-state index contributed by atoms with van der Waals surface area (Å²) >= 11 is 0. The highest BCUT2D eigenvalue weighted by Crippen LogP contribution is 2.34. The van der Waals surface area contributed by atoms with E-state index in [2.05, 4.69) is 32.9 Å². The maximum atomic E-state index is 10.5. The molecule has 0 saturated carbocycles. The van der Waals surface area contributed by atoms with Gasteiger partial charge in [-0.25, -0.2) is 0 Å². The van der Waals surface area contributed by atoms with Crippen molar-refractivity contribution in [2.24, 2.45) is 5.41 Å². The first-order valence-corrected chi connectivity index (χ1v) is 7.19. The van der Waals surface area contributed by atoms with Gasteiger partial charge in [-0.1, -0.05) is 63.4 Å². The second kappa shape index (κ2) is 7.58. The maximum Gasteiger partial charge on any atom is 0.0636 e. The fourth-order valence-electron chi connectivity index (χ4n) is 2.54. The summed E-state index contributed by atoms with van der Waals surface area (Å²) in [7, 11) is 0. The van der Waals surface area contributed by atoms with E-state index in [1.165, 1.54) is 12.0 Å². The molecular formula is C17H27O. The van der Waals surface area contributed by atoms with Crippen LogP contribution in [0.4, 0.5) is 0 Å². The van der Waals surface area contributed by atoms with Crippen LogP contribution in [0, 0.1) is 12.3 Å². The number of unbranched alkanes of at least 4 members (excludes halogenated alkanes) is 1. The Balaban J connectivity index is 2.66. The molecule has 1 aromatic rings. The van der Waals surface area contributed by atoms with Crippen LogP contribution in [-0.2, 0) is 6.42 Å². The minimum atomic E-state index is -0.341. The highest BCUT2D eigenvalue weighted by atomic mass is 16.3. The summed E-state index contributed by atoms with van der Waals surface area (Å²) < 4.78 is 0. The number of rotatable bonds is 8. The zero-order chi connectivity index (χ0) is 13.4. The van der Waals surface area contributed by atoms with Crippen molar-refractivity contribution in [2.75, 3.05) is 0 Å². The molecule has 0 spiro atoms. The summed E-state index contributed by atoms with van der Waals surface area (Å²) in [5, 5.41) is 10.5. The van der Waals surface area contributed by atoms with E-state index in [4.69, 9.17) is 0 Å². The van der Waals surface area contributed by atoms with Crippen LogP contribution in [0.1, 0.15) is 51.5 Å². The van der Waals surface area contributed by atoms with E-state index in [-0.39, 0.29) is 11.5 Å². The molecule has 1 rings (SSSR count). The number of hydrogen-bond donors (Lipinski definition) is 1. The lowest BCUT2D eigenvalue weighted by Gasteiger charge is -2.34. The fourth-order valence-corrected chi connectivity index (χ4v) is 2.54. The lowest BCUT2D eigenvalue weighted by atomic mass is 9.74. The highest BCUT2D eigenvalue weighted by molar-refractivity contribution is 5.16. The molecule has 1 nitrogen and oxygen atoms in total. The first-order chi connectivity index (χ1) is 8.62. The van der Waals surface area contributed by atoms with Gasteiger partial charge in [-0.3, -0.25) is 0 Å². The Labute approximate surface area is 112 Å². The van der Waals surface area contributed by atoms with Crippen LogP contribution >= 0.6 is 0 Å². The summed E-state index contributed by atoms with van der Waals surface area (Å²) in [5.41, 5.74) is 1.02. The fraction of sp³-hybridized carbons (Fsp3) is 0.588. The second-order valence-electron chi connectivity index (χ2n) is 5.42. The van der Waals surface area contributed by atoms with Gasteiger partial charge in [0.15, 0.2) is 0 Å². The Bertz CT molecular complexity index is 320. The van der Waals surface area contributed by atoms with Gasteiger partial charge in [0.05, 0.1) is 6.10 Å². The number of hydrogen-bond acceptors (Lipinski definition) is 1. The van der Waals surface area contributed by atoms with Crippen molar-refractivity contribution in [1.82, 2.24) is 0 Å². The predicted octanol–water partition coefficient (Wildman–Crippen LogP) is 4.40. The van der Waals surface area contributed by atoms with Gasteiger partial charge >= 0.3 is 0 Å². The Morgan fingerprint density at radius 2 is 1.78 bits per heavy atom. The lowest BCUT2D eigenvalue weighted by molar-refractivity contribution is 0.0417. The third-order valence-corrected chi connectivity index (χ3v) is 3.75. The molecule has 101 valence electrons. The van der Waals surface area contributed by atoms with E-state index in [9.17, 15) is 5.11 Å². The zero-order valence-corrected chi connectivity index (χ0v) is 11.9. The van der Waals surface area contributed by atoms with E-state index in [0.717, 1.165) is 25.7 Å². The van der Waals surface area contributed by atoms with Crippen molar-refractivity contribution in [1.29, 1.82) is 0 Å². The SMILES string of the molecule is [CH2]C(CCC)(CCCC)C(O)Cc1ccccc1. The van der Waals surface area contributed by atoms with Crippen LogP contribution in [0.2, 0.25) is 0 Å². The second-order valence-corrected chi connectivity index (χ2v) is 5.42.